The second kappa shape index (κ2) is 9.64. The Morgan fingerprint density at radius 1 is 1.09 bits per heavy atom. The first kappa shape index (κ1) is 24.6. The minimum atomic E-state index is -1.41. The highest BCUT2D eigenvalue weighted by atomic mass is 28.3. The molecule has 9 heteroatoms. The lowest BCUT2D eigenvalue weighted by Gasteiger charge is -2.30. The van der Waals surface area contributed by atoms with Crippen molar-refractivity contribution in [2.45, 2.75) is 39.3 Å². The van der Waals surface area contributed by atoms with E-state index in [4.69, 9.17) is 23.4 Å². The Kier molecular flexibility index (Phi) is 6.79. The van der Waals surface area contributed by atoms with Crippen LogP contribution in [-0.2, 0) is 9.84 Å². The van der Waals surface area contributed by atoms with Crippen molar-refractivity contribution in [2.24, 2.45) is 0 Å². The maximum atomic E-state index is 10.1. The SMILES string of the molecule is COc1cc2ncc(C#N)c(N(CO[SiH](C)C)c3ccc(C(C)(C)C)c4c3OCO4)c2cc1OC. The lowest BCUT2D eigenvalue weighted by Crippen LogP contribution is -2.26. The van der Waals surface area contributed by atoms with Gasteiger partial charge in [0.15, 0.2) is 32.0 Å². The van der Waals surface area contributed by atoms with Crippen molar-refractivity contribution in [2.75, 3.05) is 32.6 Å². The summed E-state index contributed by atoms with van der Waals surface area (Å²) in [4.78, 5) is 6.49. The molecule has 0 saturated carbocycles. The number of hydrogen-bond acceptors (Lipinski definition) is 8. The molecule has 0 bridgehead atoms. The number of hydrogen-bond donors (Lipinski definition) is 0. The summed E-state index contributed by atoms with van der Waals surface area (Å²) in [6, 6.07) is 10.0. The Bertz CT molecular complexity index is 1300. The summed E-state index contributed by atoms with van der Waals surface area (Å²) in [6.07, 6.45) is 1.57. The molecule has 0 saturated heterocycles. The predicted molar refractivity (Wildman–Crippen MR) is 138 cm³/mol. The standard InChI is InChI=1S/C26H31N3O5Si/c1-26(2,3)18-8-9-20(25-24(18)32-15-33-25)29(14-34-35(6)7)23-16(12-27)13-28-19-11-22(31-5)21(30-4)10-17(19)23/h8-11,13,35H,14-15H2,1-7H3. The molecule has 1 aliphatic rings. The highest BCUT2D eigenvalue weighted by Crippen LogP contribution is 2.50. The van der Waals surface area contributed by atoms with Crippen molar-refractivity contribution in [3.8, 4) is 29.1 Å². The number of ether oxygens (including phenoxy) is 4. The van der Waals surface area contributed by atoms with Gasteiger partial charge in [0, 0.05) is 23.2 Å². The van der Waals surface area contributed by atoms with Crippen LogP contribution in [0.2, 0.25) is 13.1 Å². The van der Waals surface area contributed by atoms with Gasteiger partial charge in [-0.15, -0.1) is 0 Å². The Morgan fingerprint density at radius 3 is 2.40 bits per heavy atom. The molecule has 2 aromatic carbocycles. The first-order valence-electron chi connectivity index (χ1n) is 11.5. The Balaban J connectivity index is 2.01. The van der Waals surface area contributed by atoms with Gasteiger partial charge in [0.05, 0.1) is 36.7 Å². The van der Waals surface area contributed by atoms with E-state index < -0.39 is 9.04 Å². The van der Waals surface area contributed by atoms with Gasteiger partial charge in [-0.1, -0.05) is 26.8 Å². The van der Waals surface area contributed by atoms with Crippen LogP contribution in [-0.4, -0.2) is 41.8 Å². The van der Waals surface area contributed by atoms with Gasteiger partial charge in [-0.3, -0.25) is 4.98 Å². The van der Waals surface area contributed by atoms with Gasteiger partial charge in [-0.05, 0) is 30.6 Å². The van der Waals surface area contributed by atoms with E-state index >= 15 is 0 Å². The molecule has 0 amide bonds. The summed E-state index contributed by atoms with van der Waals surface area (Å²) in [5.74, 6) is 2.47. The van der Waals surface area contributed by atoms with Crippen LogP contribution in [0.25, 0.3) is 10.9 Å². The van der Waals surface area contributed by atoms with E-state index in [1.165, 1.54) is 0 Å². The molecule has 2 heterocycles. The van der Waals surface area contributed by atoms with Crippen LogP contribution >= 0.6 is 0 Å². The third-order valence-corrected chi connectivity index (χ3v) is 6.68. The van der Waals surface area contributed by atoms with Crippen molar-refractivity contribution < 1.29 is 23.4 Å². The van der Waals surface area contributed by atoms with Gasteiger partial charge in [0.1, 0.15) is 12.8 Å². The number of pyridine rings is 1. The van der Waals surface area contributed by atoms with Crippen LogP contribution < -0.4 is 23.8 Å². The second-order valence-corrected chi connectivity index (χ2v) is 12.0. The van der Waals surface area contributed by atoms with Gasteiger partial charge in [0.2, 0.25) is 6.79 Å². The fourth-order valence-electron chi connectivity index (χ4n) is 4.14. The highest BCUT2D eigenvalue weighted by molar-refractivity contribution is 6.48. The molecule has 0 aliphatic carbocycles. The normalized spacial score (nSPS) is 12.7. The number of rotatable bonds is 7. The van der Waals surface area contributed by atoms with E-state index in [1.807, 2.05) is 23.1 Å². The molecule has 184 valence electrons. The minimum Gasteiger partial charge on any atom is -0.493 e. The third-order valence-electron chi connectivity index (χ3n) is 5.87. The summed E-state index contributed by atoms with van der Waals surface area (Å²) in [6.45, 7) is 11.0. The molecule has 0 spiro atoms. The highest BCUT2D eigenvalue weighted by Gasteiger charge is 2.32. The molecule has 3 aromatic rings. The van der Waals surface area contributed by atoms with E-state index in [2.05, 4.69) is 51.0 Å². The van der Waals surface area contributed by atoms with Crippen LogP contribution in [0.1, 0.15) is 31.9 Å². The molecule has 8 nitrogen and oxygen atoms in total. The van der Waals surface area contributed by atoms with Gasteiger partial charge in [0.25, 0.3) is 0 Å². The first-order chi connectivity index (χ1) is 16.7. The zero-order valence-corrected chi connectivity index (χ0v) is 22.4. The predicted octanol–water partition coefficient (Wildman–Crippen LogP) is 5.25. The number of nitrogens with zero attached hydrogens (tertiary/aromatic N) is 3. The van der Waals surface area contributed by atoms with Crippen molar-refractivity contribution in [3.05, 3.63) is 41.6 Å². The van der Waals surface area contributed by atoms with Gasteiger partial charge in [-0.2, -0.15) is 5.26 Å². The van der Waals surface area contributed by atoms with Gasteiger partial charge in [-0.25, -0.2) is 0 Å². The molecule has 35 heavy (non-hydrogen) atoms. The van der Waals surface area contributed by atoms with Gasteiger partial charge < -0.3 is 28.3 Å². The summed E-state index contributed by atoms with van der Waals surface area (Å²) < 4.78 is 29.1. The maximum absolute atomic E-state index is 10.1. The van der Waals surface area contributed by atoms with E-state index in [-0.39, 0.29) is 18.9 Å². The van der Waals surface area contributed by atoms with E-state index in [9.17, 15) is 5.26 Å². The van der Waals surface area contributed by atoms with Crippen LogP contribution in [0.5, 0.6) is 23.0 Å². The molecular formula is C26H31N3O5Si. The summed E-state index contributed by atoms with van der Waals surface area (Å²) >= 11 is 0. The molecule has 0 unspecified atom stereocenters. The quantitative estimate of drug-likeness (QED) is 0.326. The Morgan fingerprint density at radius 2 is 1.77 bits per heavy atom. The van der Waals surface area contributed by atoms with Crippen LogP contribution in [0, 0.1) is 11.3 Å². The molecule has 0 fully saturated rings. The average molecular weight is 494 g/mol. The molecule has 4 rings (SSSR count). The molecular weight excluding hydrogens is 462 g/mol. The Labute approximate surface area is 207 Å². The number of nitriles is 1. The smallest absolute Gasteiger partial charge is 0.231 e. The number of methoxy groups -OCH3 is 2. The average Bonchev–Trinajstić information content (AvgIpc) is 3.32. The van der Waals surface area contributed by atoms with Crippen molar-refractivity contribution in [1.82, 2.24) is 4.98 Å². The summed E-state index contributed by atoms with van der Waals surface area (Å²) in [5.41, 5.74) is 3.43. The van der Waals surface area contributed by atoms with E-state index in [1.54, 1.807) is 20.4 Å². The number of fused-ring (bicyclic) bond motifs is 2. The fourth-order valence-corrected chi connectivity index (χ4v) is 4.59. The van der Waals surface area contributed by atoms with Crippen molar-refractivity contribution >= 4 is 31.3 Å². The Hall–Kier alpha value is -3.48. The third kappa shape index (κ3) is 4.59. The summed E-state index contributed by atoms with van der Waals surface area (Å²) in [5, 5.41) is 10.8. The minimum absolute atomic E-state index is 0.131. The number of aromatic nitrogens is 1. The van der Waals surface area contributed by atoms with Crippen LogP contribution in [0.4, 0.5) is 11.4 Å². The monoisotopic (exact) mass is 493 g/mol. The van der Waals surface area contributed by atoms with Crippen molar-refractivity contribution in [1.29, 1.82) is 5.26 Å². The second-order valence-electron chi connectivity index (χ2n) is 9.58. The topological polar surface area (TPSA) is 86.1 Å². The lowest BCUT2D eigenvalue weighted by atomic mass is 9.86. The molecule has 1 aromatic heterocycles. The fraction of sp³-hybridized carbons (Fsp3) is 0.385. The molecule has 0 radical (unpaired) electrons. The molecule has 0 N–H and O–H groups in total. The first-order valence-corrected chi connectivity index (χ1v) is 14.2. The number of benzene rings is 2. The zero-order valence-electron chi connectivity index (χ0n) is 21.3. The van der Waals surface area contributed by atoms with E-state index in [0.717, 1.165) is 22.4 Å². The summed E-state index contributed by atoms with van der Waals surface area (Å²) in [7, 11) is 1.76. The van der Waals surface area contributed by atoms with Crippen LogP contribution in [0.15, 0.2) is 30.5 Å². The van der Waals surface area contributed by atoms with Gasteiger partial charge >= 0.3 is 0 Å². The van der Waals surface area contributed by atoms with Crippen molar-refractivity contribution in [3.63, 3.8) is 0 Å². The number of anilines is 2. The van der Waals surface area contributed by atoms with E-state index in [0.29, 0.717) is 34.0 Å². The largest absolute Gasteiger partial charge is 0.493 e. The lowest BCUT2D eigenvalue weighted by molar-refractivity contribution is 0.172. The molecule has 0 atom stereocenters. The maximum Gasteiger partial charge on any atom is 0.231 e. The molecule has 1 aliphatic heterocycles. The van der Waals surface area contributed by atoms with Crippen LogP contribution in [0.3, 0.4) is 0 Å². The zero-order chi connectivity index (χ0) is 25.3.